The van der Waals surface area contributed by atoms with Gasteiger partial charge in [-0.15, -0.1) is 12.4 Å². The first kappa shape index (κ1) is 12.7. The summed E-state index contributed by atoms with van der Waals surface area (Å²) in [5, 5.41) is 12.3. The molecule has 1 unspecified atom stereocenters. The third kappa shape index (κ3) is 2.83. The molecule has 4 nitrogen and oxygen atoms in total. The Bertz CT molecular complexity index is 219. The van der Waals surface area contributed by atoms with Crippen molar-refractivity contribution in [3.05, 3.63) is 0 Å². The average Bonchev–Trinajstić information content (AvgIpc) is 2.19. The molecule has 0 aliphatic carbocycles. The first-order chi connectivity index (χ1) is 6.72. The highest BCUT2D eigenvalue weighted by Gasteiger charge is 2.37. The molecular formula is C10H18ClNO3. The van der Waals surface area contributed by atoms with Crippen molar-refractivity contribution in [1.82, 2.24) is 5.32 Å². The van der Waals surface area contributed by atoms with Crippen molar-refractivity contribution in [2.24, 2.45) is 5.92 Å². The van der Waals surface area contributed by atoms with Crippen molar-refractivity contribution < 1.29 is 14.6 Å². The number of carbonyl (C=O) groups is 1. The van der Waals surface area contributed by atoms with Crippen LogP contribution in [0.3, 0.4) is 0 Å². The van der Waals surface area contributed by atoms with Crippen molar-refractivity contribution in [1.29, 1.82) is 0 Å². The van der Waals surface area contributed by atoms with E-state index in [1.54, 1.807) is 0 Å². The van der Waals surface area contributed by atoms with E-state index >= 15 is 0 Å². The number of nitrogens with one attached hydrogen (secondary N) is 1. The summed E-state index contributed by atoms with van der Waals surface area (Å²) in [4.78, 5) is 10.8. The van der Waals surface area contributed by atoms with Crippen LogP contribution < -0.4 is 5.32 Å². The van der Waals surface area contributed by atoms with E-state index in [2.05, 4.69) is 5.32 Å². The summed E-state index contributed by atoms with van der Waals surface area (Å²) in [5.74, 6) is -0.858. The highest BCUT2D eigenvalue weighted by Crippen LogP contribution is 2.31. The Morgan fingerprint density at radius 2 is 2.00 bits per heavy atom. The van der Waals surface area contributed by atoms with Gasteiger partial charge in [-0.25, -0.2) is 0 Å². The zero-order valence-corrected chi connectivity index (χ0v) is 9.52. The van der Waals surface area contributed by atoms with Gasteiger partial charge in [0.15, 0.2) is 0 Å². The lowest BCUT2D eigenvalue weighted by atomic mass is 9.79. The largest absolute Gasteiger partial charge is 0.481 e. The lowest BCUT2D eigenvalue weighted by Gasteiger charge is -2.42. The van der Waals surface area contributed by atoms with Gasteiger partial charge in [-0.1, -0.05) is 0 Å². The fraction of sp³-hybridized carbons (Fsp3) is 0.900. The van der Waals surface area contributed by atoms with E-state index in [1.807, 2.05) is 0 Å². The Kier molecular flexibility index (Phi) is 4.37. The molecule has 0 bridgehead atoms. The van der Waals surface area contributed by atoms with Crippen molar-refractivity contribution >= 4 is 18.4 Å². The van der Waals surface area contributed by atoms with E-state index < -0.39 is 5.97 Å². The molecule has 0 aromatic carbocycles. The van der Waals surface area contributed by atoms with Gasteiger partial charge >= 0.3 is 5.97 Å². The average molecular weight is 236 g/mol. The number of carboxylic acids is 1. The summed E-state index contributed by atoms with van der Waals surface area (Å²) in [6.07, 6.45) is 3.84. The predicted octanol–water partition coefficient (Wildman–Crippen LogP) is 1.04. The molecule has 5 heteroatoms. The van der Waals surface area contributed by atoms with Crippen molar-refractivity contribution in [3.8, 4) is 0 Å². The molecule has 2 heterocycles. The number of hydrogen-bond donors (Lipinski definition) is 2. The molecule has 0 aromatic heterocycles. The lowest BCUT2D eigenvalue weighted by Crippen LogP contribution is -2.55. The summed E-state index contributed by atoms with van der Waals surface area (Å²) in [6.45, 7) is 2.24. The minimum Gasteiger partial charge on any atom is -0.481 e. The van der Waals surface area contributed by atoms with Crippen molar-refractivity contribution in [3.63, 3.8) is 0 Å². The van der Waals surface area contributed by atoms with E-state index in [-0.39, 0.29) is 23.9 Å². The summed E-state index contributed by atoms with van der Waals surface area (Å²) >= 11 is 0. The molecule has 1 spiro atoms. The Balaban J connectivity index is 0.00000112. The highest BCUT2D eigenvalue weighted by molar-refractivity contribution is 5.85. The summed E-state index contributed by atoms with van der Waals surface area (Å²) in [6, 6.07) is 0. The van der Waals surface area contributed by atoms with Crippen LogP contribution in [-0.4, -0.2) is 36.4 Å². The predicted molar refractivity (Wildman–Crippen MR) is 58.4 cm³/mol. The molecule has 2 fully saturated rings. The third-order valence-electron chi connectivity index (χ3n) is 3.49. The first-order valence-electron chi connectivity index (χ1n) is 5.27. The number of aliphatic carboxylic acids is 1. The Morgan fingerprint density at radius 3 is 2.47 bits per heavy atom. The smallest absolute Gasteiger partial charge is 0.307 e. The van der Waals surface area contributed by atoms with Crippen LogP contribution in [0.4, 0.5) is 0 Å². The first-order valence-corrected chi connectivity index (χ1v) is 5.27. The monoisotopic (exact) mass is 235 g/mol. The van der Waals surface area contributed by atoms with Gasteiger partial charge < -0.3 is 15.2 Å². The lowest BCUT2D eigenvalue weighted by molar-refractivity contribution is -0.143. The molecule has 15 heavy (non-hydrogen) atoms. The minimum atomic E-state index is -0.667. The Morgan fingerprint density at radius 1 is 1.33 bits per heavy atom. The number of carboxylic acid groups (broad SMARTS) is 1. The Labute approximate surface area is 95.8 Å². The van der Waals surface area contributed by atoms with E-state index in [0.717, 1.165) is 38.9 Å². The van der Waals surface area contributed by atoms with E-state index in [4.69, 9.17) is 9.84 Å². The summed E-state index contributed by atoms with van der Waals surface area (Å²) in [5.41, 5.74) is 0.185. The van der Waals surface area contributed by atoms with Crippen LogP contribution in [-0.2, 0) is 9.53 Å². The van der Waals surface area contributed by atoms with Gasteiger partial charge in [-0.05, 0) is 25.7 Å². The second-order valence-electron chi connectivity index (χ2n) is 4.35. The number of rotatable bonds is 1. The molecule has 0 saturated carbocycles. The molecular weight excluding hydrogens is 218 g/mol. The maximum atomic E-state index is 10.8. The maximum Gasteiger partial charge on any atom is 0.307 e. The fourth-order valence-corrected chi connectivity index (χ4v) is 2.38. The minimum absolute atomic E-state index is 0. The molecule has 2 saturated heterocycles. The zero-order chi connectivity index (χ0) is 10.0. The quantitative estimate of drug-likeness (QED) is 0.713. The molecule has 1 atom stereocenters. The molecule has 0 aromatic rings. The van der Waals surface area contributed by atoms with Gasteiger partial charge in [0.1, 0.15) is 0 Å². The van der Waals surface area contributed by atoms with E-state index in [1.165, 1.54) is 0 Å². The molecule has 0 amide bonds. The van der Waals surface area contributed by atoms with Crippen LogP contribution >= 0.6 is 12.4 Å². The van der Waals surface area contributed by atoms with Crippen LogP contribution in [0.5, 0.6) is 0 Å². The molecule has 0 radical (unpaired) electrons. The Hall–Kier alpha value is -0.320. The maximum absolute atomic E-state index is 10.8. The number of piperidine rings is 1. The van der Waals surface area contributed by atoms with Gasteiger partial charge in [0.25, 0.3) is 0 Å². The zero-order valence-electron chi connectivity index (χ0n) is 8.70. The molecule has 2 rings (SSSR count). The molecule has 2 aliphatic heterocycles. The van der Waals surface area contributed by atoms with E-state index in [0.29, 0.717) is 6.54 Å². The number of halogens is 1. The van der Waals surface area contributed by atoms with Crippen LogP contribution in [0.25, 0.3) is 0 Å². The molecule has 2 N–H and O–H groups in total. The summed E-state index contributed by atoms with van der Waals surface area (Å²) < 4.78 is 5.31. The van der Waals surface area contributed by atoms with Gasteiger partial charge in [0, 0.05) is 25.3 Å². The second kappa shape index (κ2) is 5.14. The van der Waals surface area contributed by atoms with Gasteiger partial charge in [0.05, 0.1) is 5.92 Å². The SMILES string of the molecule is Cl.O=C(O)C1CCC2(CCOCC2)NC1. The van der Waals surface area contributed by atoms with Gasteiger partial charge in [-0.2, -0.15) is 0 Å². The number of hydrogen-bond acceptors (Lipinski definition) is 3. The van der Waals surface area contributed by atoms with Gasteiger partial charge in [0.2, 0.25) is 0 Å². The molecule has 2 aliphatic rings. The second-order valence-corrected chi connectivity index (χ2v) is 4.35. The third-order valence-corrected chi connectivity index (χ3v) is 3.49. The number of ether oxygens (including phenoxy) is 1. The van der Waals surface area contributed by atoms with Crippen LogP contribution in [0.15, 0.2) is 0 Å². The topological polar surface area (TPSA) is 58.6 Å². The van der Waals surface area contributed by atoms with Crippen molar-refractivity contribution in [2.75, 3.05) is 19.8 Å². The fourth-order valence-electron chi connectivity index (χ4n) is 2.38. The van der Waals surface area contributed by atoms with Crippen LogP contribution in [0.1, 0.15) is 25.7 Å². The van der Waals surface area contributed by atoms with Crippen LogP contribution in [0.2, 0.25) is 0 Å². The molecule has 88 valence electrons. The highest BCUT2D eigenvalue weighted by atomic mass is 35.5. The van der Waals surface area contributed by atoms with Gasteiger partial charge in [-0.3, -0.25) is 4.79 Å². The summed E-state index contributed by atoms with van der Waals surface area (Å²) in [7, 11) is 0. The standard InChI is InChI=1S/C10H17NO3.ClH/c12-9(13)8-1-2-10(11-7-8)3-5-14-6-4-10;/h8,11H,1-7H2,(H,12,13);1H. The van der Waals surface area contributed by atoms with Crippen molar-refractivity contribution in [2.45, 2.75) is 31.2 Å². The normalized spacial score (nSPS) is 29.5. The van der Waals surface area contributed by atoms with E-state index in [9.17, 15) is 4.79 Å². The van der Waals surface area contributed by atoms with Crippen LogP contribution in [0, 0.1) is 5.92 Å².